The second-order valence-electron chi connectivity index (χ2n) is 4.49. The Hall–Kier alpha value is -2.23. The van der Waals surface area contributed by atoms with Crippen molar-refractivity contribution < 1.29 is 4.74 Å². The minimum atomic E-state index is 0.740. The van der Waals surface area contributed by atoms with Crippen molar-refractivity contribution in [3.63, 3.8) is 0 Å². The molecular weight excluding hydrogens is 238 g/mol. The van der Waals surface area contributed by atoms with Gasteiger partial charge in [0.15, 0.2) is 0 Å². The summed E-state index contributed by atoms with van der Waals surface area (Å²) in [5, 5.41) is 3.40. The van der Waals surface area contributed by atoms with Crippen LogP contribution in [0.1, 0.15) is 5.56 Å². The number of hydrogen-bond acceptors (Lipinski definition) is 4. The number of anilines is 2. The lowest BCUT2D eigenvalue weighted by Crippen LogP contribution is -2.12. The van der Waals surface area contributed by atoms with Crippen molar-refractivity contribution in [2.24, 2.45) is 0 Å². The zero-order chi connectivity index (χ0) is 13.7. The molecular formula is C15H19N3O. The Labute approximate surface area is 114 Å². The fourth-order valence-electron chi connectivity index (χ4n) is 1.89. The Kier molecular flexibility index (Phi) is 4.23. The highest BCUT2D eigenvalue weighted by Gasteiger charge is 2.04. The van der Waals surface area contributed by atoms with Gasteiger partial charge in [0.25, 0.3) is 0 Å². The number of hydrogen-bond donors (Lipinski definition) is 1. The molecule has 1 aromatic carbocycles. The average molecular weight is 257 g/mol. The zero-order valence-corrected chi connectivity index (χ0v) is 11.6. The summed E-state index contributed by atoms with van der Waals surface area (Å²) in [6.45, 7) is 0.740. The topological polar surface area (TPSA) is 37.4 Å². The third kappa shape index (κ3) is 3.37. The third-order valence-corrected chi connectivity index (χ3v) is 2.90. The van der Waals surface area contributed by atoms with Crippen LogP contribution in [0.3, 0.4) is 0 Å². The van der Waals surface area contributed by atoms with E-state index in [2.05, 4.69) is 21.3 Å². The summed E-state index contributed by atoms with van der Waals surface area (Å²) in [5.41, 5.74) is 3.32. The van der Waals surface area contributed by atoms with E-state index < -0.39 is 0 Å². The van der Waals surface area contributed by atoms with E-state index in [0.717, 1.165) is 23.7 Å². The smallest absolute Gasteiger partial charge is 0.119 e. The van der Waals surface area contributed by atoms with Gasteiger partial charge in [-0.15, -0.1) is 0 Å². The summed E-state index contributed by atoms with van der Waals surface area (Å²) in [6, 6.07) is 10.0. The Morgan fingerprint density at radius 1 is 1.26 bits per heavy atom. The van der Waals surface area contributed by atoms with Gasteiger partial charge in [0, 0.05) is 26.8 Å². The zero-order valence-electron chi connectivity index (χ0n) is 11.6. The highest BCUT2D eigenvalue weighted by molar-refractivity contribution is 5.68. The molecule has 0 bridgehead atoms. The molecule has 0 radical (unpaired) electrons. The summed E-state index contributed by atoms with van der Waals surface area (Å²) < 4.78 is 5.22. The van der Waals surface area contributed by atoms with Crippen LogP contribution in [0, 0.1) is 0 Å². The quantitative estimate of drug-likeness (QED) is 0.893. The second kappa shape index (κ2) is 6.09. The predicted octanol–water partition coefficient (Wildman–Crippen LogP) is 2.77. The van der Waals surface area contributed by atoms with Gasteiger partial charge in [-0.3, -0.25) is 4.98 Å². The van der Waals surface area contributed by atoms with E-state index in [0.29, 0.717) is 0 Å². The van der Waals surface area contributed by atoms with Crippen molar-refractivity contribution in [3.05, 3.63) is 48.3 Å². The number of pyridine rings is 1. The van der Waals surface area contributed by atoms with Crippen LogP contribution in [0.4, 0.5) is 11.4 Å². The molecule has 0 aliphatic heterocycles. The summed E-state index contributed by atoms with van der Waals surface area (Å²) in [6.07, 6.45) is 3.64. The lowest BCUT2D eigenvalue weighted by molar-refractivity contribution is 0.414. The molecule has 0 aliphatic rings. The van der Waals surface area contributed by atoms with E-state index >= 15 is 0 Å². The fraction of sp³-hybridized carbons (Fsp3) is 0.267. The van der Waals surface area contributed by atoms with Crippen LogP contribution in [0.15, 0.2) is 42.7 Å². The van der Waals surface area contributed by atoms with Crippen LogP contribution in [0.25, 0.3) is 0 Å². The number of ether oxygens (including phenoxy) is 1. The monoisotopic (exact) mass is 257 g/mol. The van der Waals surface area contributed by atoms with E-state index in [-0.39, 0.29) is 0 Å². The van der Waals surface area contributed by atoms with Crippen molar-refractivity contribution in [2.45, 2.75) is 6.54 Å². The van der Waals surface area contributed by atoms with Gasteiger partial charge in [0.05, 0.1) is 24.7 Å². The van der Waals surface area contributed by atoms with E-state index in [1.165, 1.54) is 5.56 Å². The Morgan fingerprint density at radius 2 is 2.11 bits per heavy atom. The van der Waals surface area contributed by atoms with Crippen LogP contribution in [0.2, 0.25) is 0 Å². The molecule has 2 rings (SSSR count). The molecule has 0 unspecified atom stereocenters. The van der Waals surface area contributed by atoms with Gasteiger partial charge in [0.2, 0.25) is 0 Å². The number of aromatic nitrogens is 1. The van der Waals surface area contributed by atoms with Crippen molar-refractivity contribution >= 4 is 11.4 Å². The molecule has 0 saturated carbocycles. The normalized spacial score (nSPS) is 10.1. The molecule has 0 atom stereocenters. The number of methoxy groups -OCH3 is 1. The molecule has 1 aromatic heterocycles. The Morgan fingerprint density at radius 3 is 2.84 bits per heavy atom. The lowest BCUT2D eigenvalue weighted by atomic mass is 10.2. The summed E-state index contributed by atoms with van der Waals surface area (Å²) in [4.78, 5) is 6.22. The number of benzene rings is 1. The average Bonchev–Trinajstić information content (AvgIpc) is 2.45. The summed E-state index contributed by atoms with van der Waals surface area (Å²) >= 11 is 0. The SMILES string of the molecule is COc1cccc(CNc2cnccc2N(C)C)c1. The molecule has 1 N–H and O–H groups in total. The first-order chi connectivity index (χ1) is 9.20. The number of nitrogens with zero attached hydrogens (tertiary/aromatic N) is 2. The molecule has 0 spiro atoms. The first-order valence-corrected chi connectivity index (χ1v) is 6.19. The van der Waals surface area contributed by atoms with Gasteiger partial charge in [0.1, 0.15) is 5.75 Å². The summed E-state index contributed by atoms with van der Waals surface area (Å²) in [7, 11) is 5.72. The molecule has 1 heterocycles. The van der Waals surface area contributed by atoms with Crippen LogP contribution in [-0.4, -0.2) is 26.2 Å². The van der Waals surface area contributed by atoms with Gasteiger partial charge < -0.3 is 15.0 Å². The van der Waals surface area contributed by atoms with Gasteiger partial charge in [-0.1, -0.05) is 12.1 Å². The van der Waals surface area contributed by atoms with Crippen LogP contribution >= 0.6 is 0 Å². The van der Waals surface area contributed by atoms with Crippen molar-refractivity contribution in [3.8, 4) is 5.75 Å². The molecule has 0 amide bonds. The van der Waals surface area contributed by atoms with Crippen LogP contribution < -0.4 is 15.0 Å². The predicted molar refractivity (Wildman–Crippen MR) is 78.9 cm³/mol. The summed E-state index contributed by atoms with van der Waals surface area (Å²) in [5.74, 6) is 0.873. The highest BCUT2D eigenvalue weighted by atomic mass is 16.5. The van der Waals surface area contributed by atoms with E-state index in [1.807, 2.05) is 44.6 Å². The van der Waals surface area contributed by atoms with Crippen LogP contribution in [-0.2, 0) is 6.54 Å². The Balaban J connectivity index is 2.10. The second-order valence-corrected chi connectivity index (χ2v) is 4.49. The molecule has 0 fully saturated rings. The molecule has 0 saturated heterocycles. The number of nitrogens with one attached hydrogen (secondary N) is 1. The minimum Gasteiger partial charge on any atom is -0.497 e. The Bertz CT molecular complexity index is 540. The van der Waals surface area contributed by atoms with E-state index in [1.54, 1.807) is 13.3 Å². The largest absolute Gasteiger partial charge is 0.497 e. The van der Waals surface area contributed by atoms with Crippen LogP contribution in [0.5, 0.6) is 5.75 Å². The molecule has 2 aromatic rings. The van der Waals surface area contributed by atoms with Gasteiger partial charge >= 0.3 is 0 Å². The van der Waals surface area contributed by atoms with E-state index in [9.17, 15) is 0 Å². The third-order valence-electron chi connectivity index (χ3n) is 2.90. The first kappa shape index (κ1) is 13.2. The van der Waals surface area contributed by atoms with Gasteiger partial charge in [-0.05, 0) is 23.8 Å². The van der Waals surface area contributed by atoms with Gasteiger partial charge in [-0.25, -0.2) is 0 Å². The van der Waals surface area contributed by atoms with Crippen molar-refractivity contribution in [1.29, 1.82) is 0 Å². The lowest BCUT2D eigenvalue weighted by Gasteiger charge is -2.18. The molecule has 0 aliphatic carbocycles. The maximum atomic E-state index is 5.22. The minimum absolute atomic E-state index is 0.740. The number of rotatable bonds is 5. The van der Waals surface area contributed by atoms with E-state index in [4.69, 9.17) is 4.74 Å². The standard InChI is InChI=1S/C15H19N3O/c1-18(2)15-7-8-16-11-14(15)17-10-12-5-4-6-13(9-12)19-3/h4-9,11,17H,10H2,1-3H3. The molecule has 4 nitrogen and oxygen atoms in total. The molecule has 4 heteroatoms. The first-order valence-electron chi connectivity index (χ1n) is 6.19. The molecule has 19 heavy (non-hydrogen) atoms. The van der Waals surface area contributed by atoms with Crippen molar-refractivity contribution in [2.75, 3.05) is 31.4 Å². The molecule has 100 valence electrons. The fourth-order valence-corrected chi connectivity index (χ4v) is 1.89. The van der Waals surface area contributed by atoms with Gasteiger partial charge in [-0.2, -0.15) is 0 Å². The van der Waals surface area contributed by atoms with Crippen molar-refractivity contribution in [1.82, 2.24) is 4.98 Å². The highest BCUT2D eigenvalue weighted by Crippen LogP contribution is 2.23. The maximum absolute atomic E-state index is 5.22. The maximum Gasteiger partial charge on any atom is 0.119 e.